The lowest BCUT2D eigenvalue weighted by molar-refractivity contribution is -0.137. The molecule has 3 rings (SSSR count). The second-order valence-corrected chi connectivity index (χ2v) is 9.73. The number of hydrogen-bond acceptors (Lipinski definition) is 4. The Bertz CT molecular complexity index is 1270. The van der Waals surface area contributed by atoms with Gasteiger partial charge in [0.2, 0.25) is 16.4 Å². The third-order valence-electron chi connectivity index (χ3n) is 5.55. The van der Waals surface area contributed by atoms with Crippen molar-refractivity contribution >= 4 is 26.6 Å². The molecule has 2 N–H and O–H groups in total. The summed E-state index contributed by atoms with van der Waals surface area (Å²) >= 11 is 0. The quantitative estimate of drug-likeness (QED) is 0.430. The first-order valence-electron chi connectivity index (χ1n) is 10.0. The highest BCUT2D eigenvalue weighted by molar-refractivity contribution is 7.92. The minimum atomic E-state index is -4.68. The van der Waals surface area contributed by atoms with Crippen LogP contribution in [0.1, 0.15) is 31.4 Å². The lowest BCUT2D eigenvalue weighted by Crippen LogP contribution is -2.47. The SMILES string of the molecule is CCS(=O)(=O)Nc1cc(F)cc2c1cnn2C(CC(F)F)(c1ccc(C(F)(F)F)cc1)C(C)O. The molecular weight excluding hydrogens is 488 g/mol. The van der Waals surface area contributed by atoms with Crippen LogP contribution >= 0.6 is 0 Å². The van der Waals surface area contributed by atoms with Crippen LogP contribution in [0.15, 0.2) is 42.6 Å². The number of alkyl halides is 5. The molecule has 6 nitrogen and oxygen atoms in total. The molecule has 1 heterocycles. The molecule has 0 saturated carbocycles. The number of aromatic nitrogens is 2. The summed E-state index contributed by atoms with van der Waals surface area (Å²) < 4.78 is 108. The van der Waals surface area contributed by atoms with Crippen LogP contribution in [0.4, 0.5) is 32.0 Å². The number of halogens is 6. The maximum atomic E-state index is 14.5. The van der Waals surface area contributed by atoms with Crippen LogP contribution in [-0.4, -0.2) is 41.6 Å². The van der Waals surface area contributed by atoms with Gasteiger partial charge in [-0.25, -0.2) is 21.6 Å². The number of benzene rings is 2. The zero-order valence-corrected chi connectivity index (χ0v) is 18.8. The van der Waals surface area contributed by atoms with Gasteiger partial charge in [0, 0.05) is 11.8 Å². The van der Waals surface area contributed by atoms with E-state index in [1.165, 1.54) is 6.92 Å². The van der Waals surface area contributed by atoms with E-state index in [9.17, 15) is 39.9 Å². The summed E-state index contributed by atoms with van der Waals surface area (Å²) in [5.41, 5.74) is -3.60. The summed E-state index contributed by atoms with van der Waals surface area (Å²) in [6.45, 7) is 2.52. The van der Waals surface area contributed by atoms with Crippen molar-refractivity contribution in [3.05, 3.63) is 59.5 Å². The predicted octanol–water partition coefficient (Wildman–Crippen LogP) is 4.74. The number of aliphatic hydroxyl groups excluding tert-OH is 1. The Kier molecular flexibility index (Phi) is 6.91. The average molecular weight is 509 g/mol. The predicted molar refractivity (Wildman–Crippen MR) is 114 cm³/mol. The topological polar surface area (TPSA) is 84.2 Å². The fourth-order valence-corrected chi connectivity index (χ4v) is 4.48. The molecule has 13 heteroatoms. The van der Waals surface area contributed by atoms with Crippen molar-refractivity contribution in [3.8, 4) is 0 Å². The van der Waals surface area contributed by atoms with Gasteiger partial charge in [0.25, 0.3) is 0 Å². The molecule has 0 aliphatic carbocycles. The van der Waals surface area contributed by atoms with Gasteiger partial charge in [-0.1, -0.05) is 12.1 Å². The van der Waals surface area contributed by atoms with Crippen LogP contribution < -0.4 is 4.72 Å². The van der Waals surface area contributed by atoms with E-state index >= 15 is 0 Å². The number of nitrogens with one attached hydrogen (secondary N) is 1. The lowest BCUT2D eigenvalue weighted by atomic mass is 9.81. The Hall–Kier alpha value is -2.80. The molecule has 0 fully saturated rings. The molecule has 0 radical (unpaired) electrons. The summed E-state index contributed by atoms with van der Waals surface area (Å²) in [4.78, 5) is 0. The van der Waals surface area contributed by atoms with Gasteiger partial charge in [0.1, 0.15) is 11.4 Å². The molecular formula is C21H21F6N3O3S. The van der Waals surface area contributed by atoms with E-state index in [0.717, 1.165) is 42.1 Å². The molecule has 2 unspecified atom stereocenters. The Labute approximate surface area is 191 Å². The largest absolute Gasteiger partial charge is 0.416 e. The van der Waals surface area contributed by atoms with Gasteiger partial charge in [-0.05, 0) is 43.7 Å². The molecule has 0 aliphatic rings. The monoisotopic (exact) mass is 509 g/mol. The van der Waals surface area contributed by atoms with Crippen LogP contribution in [-0.2, 0) is 21.7 Å². The third kappa shape index (κ3) is 4.85. The van der Waals surface area contributed by atoms with E-state index in [1.807, 2.05) is 0 Å². The summed E-state index contributed by atoms with van der Waals surface area (Å²) in [7, 11) is -3.84. The van der Waals surface area contributed by atoms with E-state index < -0.39 is 52.1 Å². The molecule has 34 heavy (non-hydrogen) atoms. The van der Waals surface area contributed by atoms with Crippen LogP contribution in [0.3, 0.4) is 0 Å². The molecule has 3 aromatic rings. The summed E-state index contributed by atoms with van der Waals surface area (Å²) in [5.74, 6) is -1.25. The fourth-order valence-electron chi connectivity index (χ4n) is 3.83. The zero-order chi connectivity index (χ0) is 25.5. The average Bonchev–Trinajstić information content (AvgIpc) is 3.15. The minimum Gasteiger partial charge on any atom is -0.391 e. The van der Waals surface area contributed by atoms with Gasteiger partial charge < -0.3 is 5.11 Å². The molecule has 0 aliphatic heterocycles. The van der Waals surface area contributed by atoms with Gasteiger partial charge in [-0.2, -0.15) is 18.3 Å². The Morgan fingerprint density at radius 2 is 1.71 bits per heavy atom. The number of sulfonamides is 1. The van der Waals surface area contributed by atoms with Gasteiger partial charge in [0.15, 0.2) is 0 Å². The van der Waals surface area contributed by atoms with Crippen LogP contribution in [0.2, 0.25) is 0 Å². The maximum Gasteiger partial charge on any atom is 0.416 e. The van der Waals surface area contributed by atoms with Crippen molar-refractivity contribution < 1.29 is 39.9 Å². The molecule has 1 aromatic heterocycles. The van der Waals surface area contributed by atoms with E-state index in [4.69, 9.17) is 0 Å². The maximum absolute atomic E-state index is 14.5. The Morgan fingerprint density at radius 3 is 2.21 bits per heavy atom. The normalized spacial score (nSPS) is 15.5. The first kappa shape index (κ1) is 25.8. The standard InChI is InChI=1S/C21H21F6N3O3S/c1-3-34(32,33)29-17-8-15(22)9-18-16(17)11-28-30(18)20(12(2)31,10-19(23)24)13-4-6-14(7-5-13)21(25,26)27/h4-9,11-12,19,29,31H,3,10H2,1-2H3. The zero-order valence-electron chi connectivity index (χ0n) is 17.9. The van der Waals surface area contributed by atoms with E-state index in [2.05, 4.69) is 9.82 Å². The first-order chi connectivity index (χ1) is 15.7. The van der Waals surface area contributed by atoms with Gasteiger partial charge in [-0.15, -0.1) is 0 Å². The van der Waals surface area contributed by atoms with Crippen LogP contribution in [0.25, 0.3) is 10.9 Å². The van der Waals surface area contributed by atoms with Crippen molar-refractivity contribution in [2.75, 3.05) is 10.5 Å². The molecule has 186 valence electrons. The number of nitrogens with zero attached hydrogens (tertiary/aromatic N) is 2. The summed E-state index contributed by atoms with van der Waals surface area (Å²) in [6, 6.07) is 5.07. The summed E-state index contributed by atoms with van der Waals surface area (Å²) in [6.07, 6.45) is -9.31. The Balaban J connectivity index is 2.31. The van der Waals surface area contributed by atoms with Crippen molar-refractivity contribution in [3.63, 3.8) is 0 Å². The molecule has 0 amide bonds. The number of hydrogen-bond donors (Lipinski definition) is 2. The second kappa shape index (κ2) is 9.10. The van der Waals surface area contributed by atoms with Crippen molar-refractivity contribution in [1.82, 2.24) is 9.78 Å². The number of anilines is 1. The second-order valence-electron chi connectivity index (χ2n) is 7.72. The minimum absolute atomic E-state index is 0.0460. The van der Waals surface area contributed by atoms with Crippen molar-refractivity contribution in [2.45, 2.75) is 44.5 Å². The number of aliphatic hydroxyl groups is 1. The highest BCUT2D eigenvalue weighted by atomic mass is 32.2. The van der Waals surface area contributed by atoms with E-state index in [0.29, 0.717) is 12.1 Å². The Morgan fingerprint density at radius 1 is 1.12 bits per heavy atom. The van der Waals surface area contributed by atoms with Crippen molar-refractivity contribution in [2.24, 2.45) is 0 Å². The van der Waals surface area contributed by atoms with Gasteiger partial charge >= 0.3 is 6.18 Å². The van der Waals surface area contributed by atoms with Crippen LogP contribution in [0.5, 0.6) is 0 Å². The summed E-state index contributed by atoms with van der Waals surface area (Å²) in [5, 5.41) is 14.8. The van der Waals surface area contributed by atoms with Gasteiger partial charge in [0.05, 0.1) is 34.8 Å². The number of fused-ring (bicyclic) bond motifs is 1. The molecule has 0 spiro atoms. The molecule has 0 bridgehead atoms. The van der Waals surface area contributed by atoms with E-state index in [1.54, 1.807) is 0 Å². The van der Waals surface area contributed by atoms with Crippen molar-refractivity contribution in [1.29, 1.82) is 0 Å². The smallest absolute Gasteiger partial charge is 0.391 e. The molecule has 2 atom stereocenters. The fraction of sp³-hybridized carbons (Fsp3) is 0.381. The van der Waals surface area contributed by atoms with Crippen LogP contribution in [0, 0.1) is 5.82 Å². The highest BCUT2D eigenvalue weighted by Gasteiger charge is 2.44. The molecule has 2 aromatic carbocycles. The number of rotatable bonds is 8. The first-order valence-corrected chi connectivity index (χ1v) is 11.7. The van der Waals surface area contributed by atoms with E-state index in [-0.39, 0.29) is 27.9 Å². The lowest BCUT2D eigenvalue weighted by Gasteiger charge is -2.38. The third-order valence-corrected chi connectivity index (χ3v) is 6.84. The van der Waals surface area contributed by atoms with Gasteiger partial charge in [-0.3, -0.25) is 9.40 Å². The highest BCUT2D eigenvalue weighted by Crippen LogP contribution is 2.41. The molecule has 0 saturated heterocycles.